The zero-order valence-corrected chi connectivity index (χ0v) is 9.94. The first-order chi connectivity index (χ1) is 8.29. The first-order valence-corrected chi connectivity index (χ1v) is 6.09. The van der Waals surface area contributed by atoms with Crippen molar-refractivity contribution in [3.05, 3.63) is 24.3 Å². The Balaban J connectivity index is 1.93. The van der Waals surface area contributed by atoms with E-state index in [0.717, 1.165) is 31.7 Å². The van der Waals surface area contributed by atoms with Gasteiger partial charge in [0.05, 0.1) is 0 Å². The van der Waals surface area contributed by atoms with Crippen molar-refractivity contribution in [3.63, 3.8) is 0 Å². The minimum Gasteiger partial charge on any atom is -0.491 e. The normalized spacial score (nSPS) is 17.2. The topological polar surface area (TPSA) is 38.5 Å². The summed E-state index contributed by atoms with van der Waals surface area (Å²) in [7, 11) is 0. The number of piperidine rings is 1. The summed E-state index contributed by atoms with van der Waals surface area (Å²) in [5, 5.41) is 0. The van der Waals surface area contributed by atoms with E-state index in [0.29, 0.717) is 6.04 Å². The van der Waals surface area contributed by atoms with Crippen LogP contribution >= 0.6 is 0 Å². The Kier molecular flexibility index (Phi) is 4.20. The van der Waals surface area contributed by atoms with Crippen molar-refractivity contribution in [2.75, 3.05) is 31.3 Å². The minimum atomic E-state index is -0.453. The third kappa shape index (κ3) is 3.33. The molecule has 0 saturated carbocycles. The van der Waals surface area contributed by atoms with Gasteiger partial charge in [0.25, 0.3) is 0 Å². The molecule has 2 N–H and O–H groups in total. The summed E-state index contributed by atoms with van der Waals surface area (Å²) in [6.45, 7) is 1.68. The zero-order chi connectivity index (χ0) is 12.1. The monoisotopic (exact) mass is 238 g/mol. The van der Waals surface area contributed by atoms with Gasteiger partial charge in [0.15, 0.2) is 0 Å². The smallest absolute Gasteiger partial charge is 0.123 e. The van der Waals surface area contributed by atoms with Crippen molar-refractivity contribution < 1.29 is 9.13 Å². The summed E-state index contributed by atoms with van der Waals surface area (Å²) in [6.07, 6.45) is 2.08. The van der Waals surface area contributed by atoms with Crippen LogP contribution in [-0.2, 0) is 0 Å². The molecule has 1 aliphatic rings. The SMILES string of the molecule is NC1CCN(c2ccc(OCCF)cc2)CC1. The first-order valence-electron chi connectivity index (χ1n) is 6.09. The van der Waals surface area contributed by atoms with Crippen molar-refractivity contribution in [2.24, 2.45) is 5.73 Å². The molecule has 0 aromatic heterocycles. The first kappa shape index (κ1) is 12.2. The third-order valence-electron chi connectivity index (χ3n) is 3.09. The second-order valence-corrected chi connectivity index (χ2v) is 4.36. The largest absolute Gasteiger partial charge is 0.491 e. The molecule has 0 aliphatic carbocycles. The fourth-order valence-corrected chi connectivity index (χ4v) is 2.07. The molecule has 3 nitrogen and oxygen atoms in total. The van der Waals surface area contributed by atoms with Crippen LogP contribution in [0.15, 0.2) is 24.3 Å². The van der Waals surface area contributed by atoms with E-state index in [1.165, 1.54) is 5.69 Å². The van der Waals surface area contributed by atoms with Crippen molar-refractivity contribution in [1.29, 1.82) is 0 Å². The van der Waals surface area contributed by atoms with Crippen LogP contribution in [-0.4, -0.2) is 32.4 Å². The number of alkyl halides is 1. The number of hydrogen-bond donors (Lipinski definition) is 1. The second kappa shape index (κ2) is 5.87. The van der Waals surface area contributed by atoms with Gasteiger partial charge in [-0.1, -0.05) is 0 Å². The number of halogens is 1. The molecule has 0 spiro atoms. The Morgan fingerprint density at radius 2 is 1.88 bits per heavy atom. The van der Waals surface area contributed by atoms with Gasteiger partial charge in [-0.2, -0.15) is 0 Å². The maximum Gasteiger partial charge on any atom is 0.123 e. The van der Waals surface area contributed by atoms with Crippen LogP contribution in [0.2, 0.25) is 0 Å². The average molecular weight is 238 g/mol. The summed E-state index contributed by atoms with van der Waals surface area (Å²) in [4.78, 5) is 2.32. The lowest BCUT2D eigenvalue weighted by Gasteiger charge is -2.32. The van der Waals surface area contributed by atoms with Crippen molar-refractivity contribution in [2.45, 2.75) is 18.9 Å². The molecule has 0 amide bonds. The number of hydrogen-bond acceptors (Lipinski definition) is 3. The molecule has 1 saturated heterocycles. The number of nitrogens with zero attached hydrogens (tertiary/aromatic N) is 1. The highest BCUT2D eigenvalue weighted by Crippen LogP contribution is 2.22. The summed E-state index contributed by atoms with van der Waals surface area (Å²) >= 11 is 0. The van der Waals surface area contributed by atoms with E-state index in [4.69, 9.17) is 10.5 Å². The highest BCUT2D eigenvalue weighted by atomic mass is 19.1. The van der Waals surface area contributed by atoms with Crippen molar-refractivity contribution >= 4 is 5.69 Å². The predicted octanol–water partition coefficient (Wildman–Crippen LogP) is 1.96. The van der Waals surface area contributed by atoms with E-state index in [9.17, 15) is 4.39 Å². The lowest BCUT2D eigenvalue weighted by molar-refractivity contribution is 0.273. The van der Waals surface area contributed by atoms with E-state index >= 15 is 0 Å². The van der Waals surface area contributed by atoms with E-state index in [1.807, 2.05) is 24.3 Å². The lowest BCUT2D eigenvalue weighted by atomic mass is 10.1. The number of anilines is 1. The van der Waals surface area contributed by atoms with E-state index in [1.54, 1.807) is 0 Å². The van der Waals surface area contributed by atoms with Gasteiger partial charge in [-0.15, -0.1) is 0 Å². The Hall–Kier alpha value is -1.29. The number of nitrogens with two attached hydrogens (primary N) is 1. The van der Waals surface area contributed by atoms with Gasteiger partial charge >= 0.3 is 0 Å². The number of benzene rings is 1. The molecule has 17 heavy (non-hydrogen) atoms. The van der Waals surface area contributed by atoms with Crippen LogP contribution < -0.4 is 15.4 Å². The van der Waals surface area contributed by atoms with Gasteiger partial charge in [-0.25, -0.2) is 4.39 Å². The number of rotatable bonds is 4. The van der Waals surface area contributed by atoms with Gasteiger partial charge in [0, 0.05) is 24.8 Å². The predicted molar refractivity (Wildman–Crippen MR) is 67.3 cm³/mol. The van der Waals surface area contributed by atoms with E-state index in [2.05, 4.69) is 4.90 Å². The highest BCUT2D eigenvalue weighted by molar-refractivity contribution is 5.49. The lowest BCUT2D eigenvalue weighted by Crippen LogP contribution is -2.39. The molecule has 0 atom stereocenters. The summed E-state index contributed by atoms with van der Waals surface area (Å²) in [5.41, 5.74) is 7.06. The molecule has 1 fully saturated rings. The molecule has 2 rings (SSSR count). The van der Waals surface area contributed by atoms with Crippen LogP contribution in [0, 0.1) is 0 Å². The van der Waals surface area contributed by atoms with Crippen LogP contribution in [0.4, 0.5) is 10.1 Å². The molecule has 1 heterocycles. The Labute approximate surface area is 101 Å². The molecular formula is C13H19FN2O. The van der Waals surface area contributed by atoms with Gasteiger partial charge < -0.3 is 15.4 Å². The van der Waals surface area contributed by atoms with Crippen molar-refractivity contribution in [1.82, 2.24) is 0 Å². The Morgan fingerprint density at radius 3 is 2.47 bits per heavy atom. The Morgan fingerprint density at radius 1 is 1.24 bits per heavy atom. The molecule has 0 radical (unpaired) electrons. The van der Waals surface area contributed by atoms with Gasteiger partial charge in [0.2, 0.25) is 0 Å². The molecule has 0 bridgehead atoms. The second-order valence-electron chi connectivity index (χ2n) is 4.36. The van der Waals surface area contributed by atoms with E-state index < -0.39 is 6.67 Å². The number of ether oxygens (including phenoxy) is 1. The maximum atomic E-state index is 11.9. The Bertz CT molecular complexity index is 334. The molecular weight excluding hydrogens is 219 g/mol. The standard InChI is InChI=1S/C13H19FN2O/c14-7-10-17-13-3-1-12(2-4-13)16-8-5-11(15)6-9-16/h1-4,11H,5-10,15H2. The summed E-state index contributed by atoms with van der Waals surface area (Å²) in [6, 6.07) is 8.16. The maximum absolute atomic E-state index is 11.9. The molecule has 1 aromatic rings. The average Bonchev–Trinajstić information content (AvgIpc) is 2.38. The van der Waals surface area contributed by atoms with Crippen LogP contribution in [0.1, 0.15) is 12.8 Å². The van der Waals surface area contributed by atoms with Gasteiger partial charge in [0.1, 0.15) is 19.0 Å². The zero-order valence-electron chi connectivity index (χ0n) is 9.94. The van der Waals surface area contributed by atoms with Crippen molar-refractivity contribution in [3.8, 4) is 5.75 Å². The molecule has 1 aromatic carbocycles. The molecule has 4 heteroatoms. The highest BCUT2D eigenvalue weighted by Gasteiger charge is 2.15. The summed E-state index contributed by atoms with van der Waals surface area (Å²) < 4.78 is 17.1. The third-order valence-corrected chi connectivity index (χ3v) is 3.09. The van der Waals surface area contributed by atoms with Gasteiger partial charge in [-0.05, 0) is 37.1 Å². The fraction of sp³-hybridized carbons (Fsp3) is 0.538. The quantitative estimate of drug-likeness (QED) is 0.871. The molecule has 0 unspecified atom stereocenters. The van der Waals surface area contributed by atoms with Crippen LogP contribution in [0.3, 0.4) is 0 Å². The minimum absolute atomic E-state index is 0.123. The van der Waals surface area contributed by atoms with Crippen LogP contribution in [0.25, 0.3) is 0 Å². The molecule has 1 aliphatic heterocycles. The van der Waals surface area contributed by atoms with E-state index in [-0.39, 0.29) is 6.61 Å². The summed E-state index contributed by atoms with van der Waals surface area (Å²) in [5.74, 6) is 0.722. The fourth-order valence-electron chi connectivity index (χ4n) is 2.07. The van der Waals surface area contributed by atoms with Gasteiger partial charge in [-0.3, -0.25) is 0 Å². The van der Waals surface area contributed by atoms with Crippen LogP contribution in [0.5, 0.6) is 5.75 Å². The molecule has 94 valence electrons.